The zero-order chi connectivity index (χ0) is 18.0. The number of hydrogen-bond acceptors (Lipinski definition) is 4. The van der Waals surface area contributed by atoms with Gasteiger partial charge in [-0.05, 0) is 17.9 Å². The van der Waals surface area contributed by atoms with Gasteiger partial charge >= 0.3 is 0 Å². The van der Waals surface area contributed by atoms with E-state index in [0.29, 0.717) is 19.5 Å². The van der Waals surface area contributed by atoms with Crippen molar-refractivity contribution in [2.24, 2.45) is 11.8 Å². The van der Waals surface area contributed by atoms with E-state index < -0.39 is 10.0 Å². The van der Waals surface area contributed by atoms with Crippen LogP contribution in [0.15, 0.2) is 30.3 Å². The number of carbonyl (C=O) groups excluding carboxylic acids is 1. The van der Waals surface area contributed by atoms with Crippen LogP contribution in [0.25, 0.3) is 0 Å². The van der Waals surface area contributed by atoms with Gasteiger partial charge in [0.15, 0.2) is 0 Å². The fraction of sp³-hybridized carbons (Fsp3) is 0.611. The summed E-state index contributed by atoms with van der Waals surface area (Å²) in [7, 11) is -3.29. The molecule has 2 aliphatic rings. The third kappa shape index (κ3) is 4.40. The molecule has 0 unspecified atom stereocenters. The van der Waals surface area contributed by atoms with Crippen LogP contribution < -0.4 is 5.32 Å². The van der Waals surface area contributed by atoms with Crippen LogP contribution in [0, 0.1) is 11.8 Å². The van der Waals surface area contributed by atoms with Crippen LogP contribution in [0.4, 0.5) is 0 Å². The molecule has 2 saturated heterocycles. The molecule has 2 heterocycles. The SMILES string of the molecule is CC(C)CS(=O)(=O)N1C[C@@H]2C[C@H](C(=O)NCc3ccccc3)[C@H](C1)O2. The van der Waals surface area contributed by atoms with Crippen LogP contribution in [0.5, 0.6) is 0 Å². The minimum Gasteiger partial charge on any atom is -0.371 e. The molecule has 1 aromatic carbocycles. The molecule has 0 aliphatic carbocycles. The number of hydrogen-bond donors (Lipinski definition) is 1. The van der Waals surface area contributed by atoms with Gasteiger partial charge in [-0.2, -0.15) is 4.31 Å². The summed E-state index contributed by atoms with van der Waals surface area (Å²) in [5, 5.41) is 2.95. The Morgan fingerprint density at radius 3 is 2.68 bits per heavy atom. The Morgan fingerprint density at radius 1 is 1.28 bits per heavy atom. The van der Waals surface area contributed by atoms with Crippen molar-refractivity contribution in [1.82, 2.24) is 9.62 Å². The fourth-order valence-electron chi connectivity index (χ4n) is 3.57. The van der Waals surface area contributed by atoms with Crippen molar-refractivity contribution in [3.05, 3.63) is 35.9 Å². The summed E-state index contributed by atoms with van der Waals surface area (Å²) in [6.07, 6.45) is 0.0449. The van der Waals surface area contributed by atoms with Gasteiger partial charge in [0.05, 0.1) is 23.9 Å². The number of benzene rings is 1. The summed E-state index contributed by atoms with van der Waals surface area (Å²) in [6.45, 7) is 4.89. The first kappa shape index (κ1) is 18.4. The first-order chi connectivity index (χ1) is 11.8. The molecule has 2 fully saturated rings. The van der Waals surface area contributed by atoms with E-state index in [9.17, 15) is 13.2 Å². The van der Waals surface area contributed by atoms with E-state index >= 15 is 0 Å². The molecule has 1 aromatic rings. The highest BCUT2D eigenvalue weighted by atomic mass is 32.2. The van der Waals surface area contributed by atoms with Crippen molar-refractivity contribution in [1.29, 1.82) is 0 Å². The predicted molar refractivity (Wildman–Crippen MR) is 95.3 cm³/mol. The van der Waals surface area contributed by atoms with Crippen LogP contribution in [-0.2, 0) is 26.1 Å². The molecule has 0 aromatic heterocycles. The molecular weight excluding hydrogens is 340 g/mol. The van der Waals surface area contributed by atoms with Crippen LogP contribution in [0.1, 0.15) is 25.8 Å². The third-order valence-electron chi connectivity index (χ3n) is 4.71. The number of nitrogens with zero attached hydrogens (tertiary/aromatic N) is 1. The third-order valence-corrected chi connectivity index (χ3v) is 6.88. The number of carbonyl (C=O) groups is 1. The van der Waals surface area contributed by atoms with Crippen molar-refractivity contribution in [3.63, 3.8) is 0 Å². The second-order valence-electron chi connectivity index (χ2n) is 7.33. The van der Waals surface area contributed by atoms with E-state index in [1.54, 1.807) is 0 Å². The molecule has 2 aliphatic heterocycles. The van der Waals surface area contributed by atoms with E-state index in [0.717, 1.165) is 5.56 Å². The second-order valence-corrected chi connectivity index (χ2v) is 9.35. The van der Waals surface area contributed by atoms with Crippen molar-refractivity contribution in [3.8, 4) is 0 Å². The van der Waals surface area contributed by atoms with Gasteiger partial charge < -0.3 is 10.1 Å². The van der Waals surface area contributed by atoms with Gasteiger partial charge in [-0.15, -0.1) is 0 Å². The number of sulfonamides is 1. The molecule has 3 atom stereocenters. The number of morpholine rings is 1. The maximum absolute atomic E-state index is 12.5. The molecule has 138 valence electrons. The first-order valence-corrected chi connectivity index (χ1v) is 10.4. The highest BCUT2D eigenvalue weighted by Crippen LogP contribution is 2.33. The standard InChI is InChI=1S/C18H26N2O4S/c1-13(2)12-25(22,23)20-10-15-8-16(17(11-20)24-15)18(21)19-9-14-6-4-3-5-7-14/h3-7,13,15-17H,8-12H2,1-2H3,(H,19,21)/t15-,16-,17-/m0/s1. The summed E-state index contributed by atoms with van der Waals surface area (Å²) in [5.74, 6) is -0.125. The lowest BCUT2D eigenvalue weighted by molar-refractivity contribution is -0.127. The molecule has 3 rings (SSSR count). The molecule has 7 heteroatoms. The van der Waals surface area contributed by atoms with Gasteiger partial charge in [-0.25, -0.2) is 8.42 Å². The Morgan fingerprint density at radius 2 is 2.00 bits per heavy atom. The summed E-state index contributed by atoms with van der Waals surface area (Å²) in [5.41, 5.74) is 1.04. The first-order valence-electron chi connectivity index (χ1n) is 8.80. The molecule has 0 spiro atoms. The average molecular weight is 366 g/mol. The zero-order valence-electron chi connectivity index (χ0n) is 14.7. The molecule has 25 heavy (non-hydrogen) atoms. The highest BCUT2D eigenvalue weighted by Gasteiger charge is 2.47. The Bertz CT molecular complexity index is 705. The molecule has 0 radical (unpaired) electrons. The molecule has 6 nitrogen and oxygen atoms in total. The quantitative estimate of drug-likeness (QED) is 0.825. The lowest BCUT2D eigenvalue weighted by atomic mass is 9.99. The smallest absolute Gasteiger partial charge is 0.226 e. The van der Waals surface area contributed by atoms with E-state index in [1.165, 1.54) is 4.31 Å². The van der Waals surface area contributed by atoms with E-state index in [2.05, 4.69) is 5.32 Å². The molecule has 1 N–H and O–H groups in total. The van der Waals surface area contributed by atoms with Gasteiger partial charge in [0.2, 0.25) is 15.9 Å². The van der Waals surface area contributed by atoms with Crippen LogP contribution >= 0.6 is 0 Å². The Balaban J connectivity index is 1.60. The maximum Gasteiger partial charge on any atom is 0.226 e. The van der Waals surface area contributed by atoms with Crippen LogP contribution in [-0.4, -0.2) is 49.7 Å². The van der Waals surface area contributed by atoms with E-state index in [-0.39, 0.29) is 42.2 Å². The number of amides is 1. The van der Waals surface area contributed by atoms with Crippen LogP contribution in [0.2, 0.25) is 0 Å². The van der Waals surface area contributed by atoms with Gasteiger partial charge in [-0.3, -0.25) is 4.79 Å². The normalized spacial score (nSPS) is 26.8. The molecule has 1 amide bonds. The second kappa shape index (κ2) is 7.43. The topological polar surface area (TPSA) is 75.7 Å². The lowest BCUT2D eigenvalue weighted by Gasteiger charge is -2.32. The minimum atomic E-state index is -3.29. The van der Waals surface area contributed by atoms with Crippen molar-refractivity contribution in [2.45, 2.75) is 39.0 Å². The van der Waals surface area contributed by atoms with Gasteiger partial charge in [0, 0.05) is 19.6 Å². The molecule has 2 bridgehead atoms. The van der Waals surface area contributed by atoms with E-state index in [4.69, 9.17) is 4.74 Å². The summed E-state index contributed by atoms with van der Waals surface area (Å²) in [4.78, 5) is 12.5. The minimum absolute atomic E-state index is 0.0561. The van der Waals surface area contributed by atoms with Gasteiger partial charge in [-0.1, -0.05) is 44.2 Å². The molecular formula is C18H26N2O4S. The predicted octanol–water partition coefficient (Wildman–Crippen LogP) is 1.38. The van der Waals surface area contributed by atoms with Gasteiger partial charge in [0.25, 0.3) is 0 Å². The van der Waals surface area contributed by atoms with Crippen molar-refractivity contribution >= 4 is 15.9 Å². The number of fused-ring (bicyclic) bond motifs is 2. The average Bonchev–Trinajstić information content (AvgIpc) is 2.86. The monoisotopic (exact) mass is 366 g/mol. The summed E-state index contributed by atoms with van der Waals surface area (Å²) in [6, 6.07) is 9.73. The van der Waals surface area contributed by atoms with Crippen molar-refractivity contribution < 1.29 is 17.9 Å². The number of ether oxygens (including phenoxy) is 1. The van der Waals surface area contributed by atoms with Gasteiger partial charge in [0.1, 0.15) is 0 Å². The van der Waals surface area contributed by atoms with Crippen molar-refractivity contribution in [2.75, 3.05) is 18.8 Å². The zero-order valence-corrected chi connectivity index (χ0v) is 15.5. The van der Waals surface area contributed by atoms with E-state index in [1.807, 2.05) is 44.2 Å². The Hall–Kier alpha value is -1.44. The highest BCUT2D eigenvalue weighted by molar-refractivity contribution is 7.89. The maximum atomic E-state index is 12.5. The Labute approximate surface area is 149 Å². The lowest BCUT2D eigenvalue weighted by Crippen LogP contribution is -2.48. The summed E-state index contributed by atoms with van der Waals surface area (Å²) >= 11 is 0. The molecule has 0 saturated carbocycles. The van der Waals surface area contributed by atoms with Crippen LogP contribution in [0.3, 0.4) is 0 Å². The summed E-state index contributed by atoms with van der Waals surface area (Å²) < 4.78 is 32.3. The fourth-order valence-corrected chi connectivity index (χ4v) is 5.39. The number of rotatable bonds is 6. The largest absolute Gasteiger partial charge is 0.371 e. The Kier molecular flexibility index (Phi) is 5.46. The number of nitrogens with one attached hydrogen (secondary N) is 1.